The van der Waals surface area contributed by atoms with Gasteiger partial charge in [0, 0.05) is 30.4 Å². The zero-order valence-corrected chi connectivity index (χ0v) is 11.8. The van der Waals surface area contributed by atoms with Gasteiger partial charge in [-0.15, -0.1) is 0 Å². The Hall–Kier alpha value is -1.81. The smallest absolute Gasteiger partial charge is 0.0951 e. The Morgan fingerprint density at radius 2 is 2.05 bits per heavy atom. The van der Waals surface area contributed by atoms with E-state index >= 15 is 0 Å². The molecule has 0 radical (unpaired) electrons. The number of aliphatic hydroxyl groups is 1. The van der Waals surface area contributed by atoms with Crippen molar-refractivity contribution in [2.24, 2.45) is 5.92 Å². The molecule has 106 valence electrons. The third kappa shape index (κ3) is 2.31. The standard InChI is InChI=1S/C16H21N3O/c1-11(20)12-6-9-19(10-7-12)15-5-8-18-16-13(15)3-2-4-14(16)17/h2-5,8,11-12,20H,6-7,9-10,17H2,1H3. The number of benzene rings is 1. The predicted molar refractivity (Wildman–Crippen MR) is 82.8 cm³/mol. The number of aliphatic hydroxyl groups excluding tert-OH is 1. The van der Waals surface area contributed by atoms with Crippen LogP contribution in [-0.2, 0) is 0 Å². The summed E-state index contributed by atoms with van der Waals surface area (Å²) in [6.07, 6.45) is 3.68. The maximum Gasteiger partial charge on any atom is 0.0951 e. The Morgan fingerprint density at radius 3 is 2.75 bits per heavy atom. The number of hydrogen-bond acceptors (Lipinski definition) is 4. The number of aromatic nitrogens is 1. The lowest BCUT2D eigenvalue weighted by Crippen LogP contribution is -2.37. The highest BCUT2D eigenvalue weighted by Crippen LogP contribution is 2.31. The van der Waals surface area contributed by atoms with Crippen molar-refractivity contribution in [2.75, 3.05) is 23.7 Å². The molecule has 0 amide bonds. The number of anilines is 2. The van der Waals surface area contributed by atoms with Crippen LogP contribution in [0.15, 0.2) is 30.5 Å². The van der Waals surface area contributed by atoms with Gasteiger partial charge in [-0.3, -0.25) is 4.98 Å². The average molecular weight is 271 g/mol. The van der Waals surface area contributed by atoms with Crippen LogP contribution in [0.5, 0.6) is 0 Å². The maximum absolute atomic E-state index is 9.70. The lowest BCUT2D eigenvalue weighted by atomic mass is 9.92. The van der Waals surface area contributed by atoms with Crippen LogP contribution in [-0.4, -0.2) is 29.3 Å². The van der Waals surface area contributed by atoms with Gasteiger partial charge >= 0.3 is 0 Å². The quantitative estimate of drug-likeness (QED) is 0.823. The largest absolute Gasteiger partial charge is 0.397 e. The highest BCUT2D eigenvalue weighted by molar-refractivity contribution is 5.98. The third-order valence-corrected chi connectivity index (χ3v) is 4.34. The number of fused-ring (bicyclic) bond motifs is 1. The molecular formula is C16H21N3O. The Labute approximate surface area is 119 Å². The van der Waals surface area contributed by atoms with E-state index in [-0.39, 0.29) is 6.10 Å². The molecule has 1 unspecified atom stereocenters. The second-order valence-corrected chi connectivity index (χ2v) is 5.64. The molecule has 2 aromatic rings. The Kier molecular flexibility index (Phi) is 3.49. The fourth-order valence-electron chi connectivity index (χ4n) is 3.08. The van der Waals surface area contributed by atoms with Gasteiger partial charge in [0.2, 0.25) is 0 Å². The van der Waals surface area contributed by atoms with Crippen molar-refractivity contribution in [1.29, 1.82) is 0 Å². The highest BCUT2D eigenvalue weighted by atomic mass is 16.3. The molecular weight excluding hydrogens is 250 g/mol. The van der Waals surface area contributed by atoms with Gasteiger partial charge in [-0.2, -0.15) is 0 Å². The summed E-state index contributed by atoms with van der Waals surface area (Å²) in [4.78, 5) is 6.77. The molecule has 1 aliphatic heterocycles. The average Bonchev–Trinajstić information content (AvgIpc) is 2.47. The summed E-state index contributed by atoms with van der Waals surface area (Å²) in [5, 5.41) is 10.8. The number of pyridine rings is 1. The highest BCUT2D eigenvalue weighted by Gasteiger charge is 2.23. The van der Waals surface area contributed by atoms with Crippen LogP contribution >= 0.6 is 0 Å². The first kappa shape index (κ1) is 13.2. The molecule has 0 saturated carbocycles. The van der Waals surface area contributed by atoms with E-state index in [4.69, 9.17) is 5.73 Å². The number of hydrogen-bond donors (Lipinski definition) is 2. The van der Waals surface area contributed by atoms with Crippen LogP contribution in [0.1, 0.15) is 19.8 Å². The van der Waals surface area contributed by atoms with E-state index in [1.165, 1.54) is 5.69 Å². The van der Waals surface area contributed by atoms with E-state index in [1.54, 1.807) is 0 Å². The fraction of sp³-hybridized carbons (Fsp3) is 0.438. The number of nitrogens with zero attached hydrogens (tertiary/aromatic N) is 2. The summed E-state index contributed by atoms with van der Waals surface area (Å²) in [5.41, 5.74) is 8.81. The number of nitrogens with two attached hydrogens (primary N) is 1. The van der Waals surface area contributed by atoms with Crippen molar-refractivity contribution in [1.82, 2.24) is 4.98 Å². The Bertz CT molecular complexity index is 604. The molecule has 0 spiro atoms. The van der Waals surface area contributed by atoms with E-state index in [1.807, 2.05) is 25.3 Å². The zero-order valence-electron chi connectivity index (χ0n) is 11.8. The van der Waals surface area contributed by atoms with Crippen molar-refractivity contribution in [3.05, 3.63) is 30.5 Å². The monoisotopic (exact) mass is 271 g/mol. The zero-order chi connectivity index (χ0) is 14.1. The lowest BCUT2D eigenvalue weighted by molar-refractivity contribution is 0.110. The molecule has 3 N–H and O–H groups in total. The van der Waals surface area contributed by atoms with E-state index in [0.29, 0.717) is 5.92 Å². The van der Waals surface area contributed by atoms with Gasteiger partial charge in [0.15, 0.2) is 0 Å². The summed E-state index contributed by atoms with van der Waals surface area (Å²) in [6.45, 7) is 3.84. The number of rotatable bonds is 2. The van der Waals surface area contributed by atoms with Crippen LogP contribution < -0.4 is 10.6 Å². The SMILES string of the molecule is CC(O)C1CCN(c2ccnc3c(N)cccc23)CC1. The van der Waals surface area contributed by atoms with E-state index in [0.717, 1.165) is 42.5 Å². The van der Waals surface area contributed by atoms with Gasteiger partial charge in [0.25, 0.3) is 0 Å². The van der Waals surface area contributed by atoms with E-state index in [9.17, 15) is 5.11 Å². The molecule has 3 rings (SSSR count). The molecule has 4 heteroatoms. The van der Waals surface area contributed by atoms with E-state index < -0.39 is 0 Å². The molecule has 20 heavy (non-hydrogen) atoms. The van der Waals surface area contributed by atoms with Gasteiger partial charge in [0.1, 0.15) is 0 Å². The van der Waals surface area contributed by atoms with Crippen LogP contribution in [0.25, 0.3) is 10.9 Å². The summed E-state index contributed by atoms with van der Waals surface area (Å²) in [5.74, 6) is 0.421. The van der Waals surface area contributed by atoms with Gasteiger partial charge in [-0.25, -0.2) is 0 Å². The first-order chi connectivity index (χ1) is 9.66. The predicted octanol–water partition coefficient (Wildman–Crippen LogP) is 2.41. The molecule has 1 fully saturated rings. The molecule has 2 heterocycles. The second-order valence-electron chi connectivity index (χ2n) is 5.64. The van der Waals surface area contributed by atoms with Gasteiger partial charge in [-0.05, 0) is 37.8 Å². The third-order valence-electron chi connectivity index (χ3n) is 4.34. The van der Waals surface area contributed by atoms with Crippen molar-refractivity contribution >= 4 is 22.3 Å². The molecule has 1 aromatic heterocycles. The minimum atomic E-state index is -0.207. The van der Waals surface area contributed by atoms with Gasteiger partial charge in [-0.1, -0.05) is 12.1 Å². The van der Waals surface area contributed by atoms with Crippen molar-refractivity contribution in [3.63, 3.8) is 0 Å². The first-order valence-corrected chi connectivity index (χ1v) is 7.23. The molecule has 1 aliphatic rings. The summed E-state index contributed by atoms with van der Waals surface area (Å²) in [6, 6.07) is 8.00. The number of para-hydroxylation sites is 1. The van der Waals surface area contributed by atoms with Crippen molar-refractivity contribution in [2.45, 2.75) is 25.9 Å². The van der Waals surface area contributed by atoms with Crippen molar-refractivity contribution in [3.8, 4) is 0 Å². The van der Waals surface area contributed by atoms with Crippen LogP contribution in [0.4, 0.5) is 11.4 Å². The molecule has 0 bridgehead atoms. The minimum Gasteiger partial charge on any atom is -0.397 e. The lowest BCUT2D eigenvalue weighted by Gasteiger charge is -2.35. The van der Waals surface area contributed by atoms with Gasteiger partial charge in [0.05, 0.1) is 17.3 Å². The summed E-state index contributed by atoms with van der Waals surface area (Å²) < 4.78 is 0. The molecule has 4 nitrogen and oxygen atoms in total. The normalized spacial score (nSPS) is 18.4. The first-order valence-electron chi connectivity index (χ1n) is 7.23. The minimum absolute atomic E-state index is 0.207. The van der Waals surface area contributed by atoms with Crippen LogP contribution in [0.3, 0.4) is 0 Å². The van der Waals surface area contributed by atoms with Crippen LogP contribution in [0, 0.1) is 5.92 Å². The molecule has 1 aromatic carbocycles. The van der Waals surface area contributed by atoms with Gasteiger partial charge < -0.3 is 15.7 Å². The Balaban J connectivity index is 1.90. The topological polar surface area (TPSA) is 62.4 Å². The van der Waals surface area contributed by atoms with E-state index in [2.05, 4.69) is 22.0 Å². The number of nitrogen functional groups attached to an aromatic ring is 1. The Morgan fingerprint density at radius 1 is 1.30 bits per heavy atom. The fourth-order valence-corrected chi connectivity index (χ4v) is 3.08. The molecule has 1 saturated heterocycles. The molecule has 0 aliphatic carbocycles. The summed E-state index contributed by atoms with van der Waals surface area (Å²) >= 11 is 0. The van der Waals surface area contributed by atoms with Crippen molar-refractivity contribution < 1.29 is 5.11 Å². The number of piperidine rings is 1. The maximum atomic E-state index is 9.70. The molecule has 1 atom stereocenters. The summed E-state index contributed by atoms with van der Waals surface area (Å²) in [7, 11) is 0. The van der Waals surface area contributed by atoms with Crippen LogP contribution in [0.2, 0.25) is 0 Å². The second kappa shape index (κ2) is 5.29.